The van der Waals surface area contributed by atoms with Gasteiger partial charge in [-0.25, -0.2) is 4.57 Å². The molecule has 32 heavy (non-hydrogen) atoms. The van der Waals surface area contributed by atoms with Crippen LogP contribution in [0.1, 0.15) is 17.5 Å². The number of rotatable bonds is 10. The minimum Gasteiger partial charge on any atom is -0.415 e. The van der Waals surface area contributed by atoms with Gasteiger partial charge in [0.15, 0.2) is 5.78 Å². The van der Waals surface area contributed by atoms with Gasteiger partial charge in [0.1, 0.15) is 17.2 Å². The molecule has 0 heterocycles. The third-order valence-electron chi connectivity index (χ3n) is 4.50. The number of benzene rings is 3. The van der Waals surface area contributed by atoms with E-state index in [-0.39, 0.29) is 17.9 Å². The molecular weight excluding hydrogens is 447 g/mol. The van der Waals surface area contributed by atoms with Crippen molar-refractivity contribution in [3.8, 4) is 23.3 Å². The van der Waals surface area contributed by atoms with Crippen molar-refractivity contribution in [2.45, 2.75) is 26.1 Å². The lowest BCUT2D eigenvalue weighted by atomic mass is 10.1. The summed E-state index contributed by atoms with van der Waals surface area (Å²) in [6, 6.07) is 24.1. The number of nitrogens with one attached hydrogen (secondary N) is 1. The summed E-state index contributed by atoms with van der Waals surface area (Å²) in [6.07, 6.45) is -0.293. The topological polar surface area (TPSA) is 97.7 Å². The average Bonchev–Trinajstić information content (AvgIpc) is 2.77. The van der Waals surface area contributed by atoms with Crippen LogP contribution in [0.3, 0.4) is 0 Å². The maximum atomic E-state index is 13.9. The molecule has 0 saturated heterocycles. The molecule has 3 aromatic carbocycles. The lowest BCUT2D eigenvalue weighted by Crippen LogP contribution is -2.35. The summed E-state index contributed by atoms with van der Waals surface area (Å²) >= 11 is -2.11. The fourth-order valence-corrected chi connectivity index (χ4v) is 5.53. The van der Waals surface area contributed by atoms with Crippen molar-refractivity contribution in [1.82, 2.24) is 4.72 Å². The highest BCUT2D eigenvalue weighted by molar-refractivity contribution is 7.79. The van der Waals surface area contributed by atoms with Crippen molar-refractivity contribution in [2.24, 2.45) is 0 Å². The lowest BCUT2D eigenvalue weighted by Gasteiger charge is -2.26. The number of aryl methyl sites for hydroxylation is 2. The molecule has 7 nitrogen and oxygen atoms in total. The van der Waals surface area contributed by atoms with E-state index in [0.717, 1.165) is 11.1 Å². The summed E-state index contributed by atoms with van der Waals surface area (Å²) in [6.45, 7) is 3.86. The highest BCUT2D eigenvalue weighted by atomic mass is 32.2. The Balaban J connectivity index is 1.85. The van der Waals surface area contributed by atoms with Crippen LogP contribution in [0.15, 0.2) is 78.9 Å². The molecular formula is C23H23N2O5PS. The summed E-state index contributed by atoms with van der Waals surface area (Å²) in [7, 11) is -4.07. The van der Waals surface area contributed by atoms with Gasteiger partial charge in [0, 0.05) is 0 Å². The molecule has 0 aliphatic heterocycles. The zero-order valence-corrected chi connectivity index (χ0v) is 19.3. The molecule has 0 aromatic heterocycles. The quantitative estimate of drug-likeness (QED) is 0.396. The fraction of sp³-hybridized carbons (Fsp3) is 0.174. The Morgan fingerprint density at radius 2 is 1.47 bits per heavy atom. The molecule has 0 aliphatic carbocycles. The van der Waals surface area contributed by atoms with Crippen LogP contribution in [-0.4, -0.2) is 9.99 Å². The zero-order valence-electron chi connectivity index (χ0n) is 17.6. The number of para-hydroxylation sites is 2. The normalized spacial score (nSPS) is 12.9. The molecule has 0 radical (unpaired) electrons. The van der Waals surface area contributed by atoms with Gasteiger partial charge in [0.05, 0.1) is 12.5 Å². The highest BCUT2D eigenvalue weighted by Gasteiger charge is 2.41. The van der Waals surface area contributed by atoms with E-state index in [2.05, 4.69) is 4.72 Å². The van der Waals surface area contributed by atoms with Gasteiger partial charge in [-0.2, -0.15) is 14.2 Å². The molecule has 2 atom stereocenters. The number of nitrogens with zero attached hydrogens (tertiary/aromatic N) is 1. The Kier molecular flexibility index (Phi) is 8.07. The molecule has 2 unspecified atom stereocenters. The first-order chi connectivity index (χ1) is 15.4. The van der Waals surface area contributed by atoms with E-state index in [1.165, 1.54) is 0 Å². The predicted molar refractivity (Wildman–Crippen MR) is 124 cm³/mol. The van der Waals surface area contributed by atoms with Crippen molar-refractivity contribution in [2.75, 3.05) is 0 Å². The van der Waals surface area contributed by atoms with Crippen LogP contribution in [0.4, 0.5) is 0 Å². The summed E-state index contributed by atoms with van der Waals surface area (Å²) in [5, 5.41) is 9.34. The molecule has 0 spiro atoms. The first kappa shape index (κ1) is 23.6. The van der Waals surface area contributed by atoms with Crippen LogP contribution in [0.25, 0.3) is 0 Å². The van der Waals surface area contributed by atoms with Crippen molar-refractivity contribution in [3.05, 3.63) is 90.0 Å². The van der Waals surface area contributed by atoms with Crippen LogP contribution >= 0.6 is 7.60 Å². The third-order valence-corrected chi connectivity index (χ3v) is 7.50. The third kappa shape index (κ3) is 6.44. The summed E-state index contributed by atoms with van der Waals surface area (Å²) < 4.78 is 46.1. The second-order valence-corrected chi connectivity index (χ2v) is 9.85. The highest BCUT2D eigenvalue weighted by Crippen LogP contribution is 2.53. The fourth-order valence-electron chi connectivity index (χ4n) is 2.70. The molecule has 0 fully saturated rings. The van der Waals surface area contributed by atoms with Gasteiger partial charge in [0.25, 0.3) is 11.3 Å². The van der Waals surface area contributed by atoms with E-state index >= 15 is 0 Å². The first-order valence-corrected chi connectivity index (χ1v) is 12.5. The van der Waals surface area contributed by atoms with E-state index in [1.54, 1.807) is 72.8 Å². The van der Waals surface area contributed by atoms with Crippen molar-refractivity contribution < 1.29 is 22.0 Å². The lowest BCUT2D eigenvalue weighted by molar-refractivity contribution is 0.367. The molecule has 9 heteroatoms. The van der Waals surface area contributed by atoms with Gasteiger partial charge in [-0.3, -0.25) is 0 Å². The Bertz CT molecular complexity index is 1110. The zero-order chi connectivity index (χ0) is 23.0. The minimum atomic E-state index is -4.07. The maximum Gasteiger partial charge on any atom is 0.449 e. The first-order valence-electron chi connectivity index (χ1n) is 9.79. The smallest absolute Gasteiger partial charge is 0.415 e. The van der Waals surface area contributed by atoms with Gasteiger partial charge in [-0.15, -0.1) is 0 Å². The van der Waals surface area contributed by atoms with Crippen molar-refractivity contribution in [3.63, 3.8) is 0 Å². The van der Waals surface area contributed by atoms with E-state index in [0.29, 0.717) is 5.75 Å². The monoisotopic (exact) mass is 470 g/mol. The Labute approximate surface area is 190 Å². The average molecular weight is 470 g/mol. The second-order valence-electron chi connectivity index (χ2n) is 6.91. The van der Waals surface area contributed by atoms with E-state index in [4.69, 9.17) is 13.2 Å². The second kappa shape index (κ2) is 11.0. The number of nitriles is 1. The van der Waals surface area contributed by atoms with Crippen LogP contribution in [-0.2, 0) is 15.8 Å². The van der Waals surface area contributed by atoms with Gasteiger partial charge in [-0.1, -0.05) is 42.5 Å². The Morgan fingerprint density at radius 1 is 0.906 bits per heavy atom. The van der Waals surface area contributed by atoms with E-state index in [1.807, 2.05) is 26.0 Å². The molecule has 0 aliphatic rings. The van der Waals surface area contributed by atoms with E-state index < -0.39 is 24.6 Å². The van der Waals surface area contributed by atoms with Crippen LogP contribution in [0.2, 0.25) is 0 Å². The molecule has 0 saturated carbocycles. The Morgan fingerprint density at radius 3 is 1.97 bits per heavy atom. The molecule has 1 N–H and O–H groups in total. The predicted octanol–water partition coefficient (Wildman–Crippen LogP) is 5.44. The SMILES string of the molecule is Cc1ccc(OS(=O)NC(CC#N)P(=O)(Oc2ccccc2)Oc2ccccc2)cc1C. The largest absolute Gasteiger partial charge is 0.449 e. The summed E-state index contributed by atoms with van der Waals surface area (Å²) in [4.78, 5) is 0. The minimum absolute atomic E-state index is 0.289. The van der Waals surface area contributed by atoms with Gasteiger partial charge in [0.2, 0.25) is 0 Å². The molecule has 3 rings (SSSR count). The van der Waals surface area contributed by atoms with Gasteiger partial charge >= 0.3 is 7.60 Å². The van der Waals surface area contributed by atoms with Crippen LogP contribution < -0.4 is 18.0 Å². The summed E-state index contributed by atoms with van der Waals surface area (Å²) in [5.74, 6) is -0.271. The number of hydrogen-bond acceptors (Lipinski definition) is 6. The molecule has 0 amide bonds. The standard InChI is InChI=1S/C23H23N2O5PS/c1-18-13-14-22(17-19(18)2)30-32(27)25-23(15-16-24)31(26,28-20-9-5-3-6-10-20)29-21-11-7-4-8-12-21/h3-14,17,23,25H,15H2,1-2H3. The van der Waals surface area contributed by atoms with Gasteiger partial charge < -0.3 is 13.2 Å². The van der Waals surface area contributed by atoms with Crippen LogP contribution in [0.5, 0.6) is 17.2 Å². The van der Waals surface area contributed by atoms with E-state index in [9.17, 15) is 14.0 Å². The van der Waals surface area contributed by atoms with Gasteiger partial charge in [-0.05, 0) is 61.4 Å². The summed E-state index contributed by atoms with van der Waals surface area (Å²) in [5.41, 5.74) is 2.04. The Hall–Kier alpha value is -3.11. The maximum absolute atomic E-state index is 13.9. The molecule has 166 valence electrons. The number of hydrogen-bond donors (Lipinski definition) is 1. The van der Waals surface area contributed by atoms with Crippen molar-refractivity contribution in [1.29, 1.82) is 5.26 Å². The van der Waals surface area contributed by atoms with Crippen molar-refractivity contribution >= 4 is 18.9 Å². The molecule has 0 bridgehead atoms. The van der Waals surface area contributed by atoms with Crippen LogP contribution in [0, 0.1) is 25.2 Å². The molecule has 3 aromatic rings.